The largest absolute Gasteiger partial charge is 0.629 e. The molecule has 2 rings (SSSR count). The third-order valence-corrected chi connectivity index (χ3v) is 4.14. The number of nitrogens with two attached hydrogens (primary N) is 1. The Balaban J connectivity index is 0.00000420. The van der Waals surface area contributed by atoms with Crippen LogP contribution in [0.3, 0.4) is 0 Å². The van der Waals surface area contributed by atoms with E-state index < -0.39 is 17.9 Å². The van der Waals surface area contributed by atoms with Gasteiger partial charge in [0.2, 0.25) is 0 Å². The predicted molar refractivity (Wildman–Crippen MR) is 105 cm³/mol. The smallest absolute Gasteiger partial charge is 0.305 e. The van der Waals surface area contributed by atoms with E-state index in [-0.39, 0.29) is 37.0 Å². The summed E-state index contributed by atoms with van der Waals surface area (Å²) >= 11 is 0. The Morgan fingerprint density at radius 3 is 2.66 bits per heavy atom. The third-order valence-electron chi connectivity index (χ3n) is 4.14. The van der Waals surface area contributed by atoms with Crippen molar-refractivity contribution >= 4 is 17.3 Å². The fraction of sp³-hybridized carbons (Fsp3) is 0.632. The van der Waals surface area contributed by atoms with Crippen LogP contribution in [-0.2, 0) is 28.1 Å². The molecule has 1 radical (unpaired) electrons. The third kappa shape index (κ3) is 7.95. The zero-order valence-electron chi connectivity index (χ0n) is 17.3. The average Bonchev–Trinajstić information content (AvgIpc) is 3.01. The maximum Gasteiger partial charge on any atom is 0.305 e. The van der Waals surface area contributed by atoms with Gasteiger partial charge in [-0.25, -0.2) is 9.50 Å². The quantitative estimate of drug-likeness (QED) is 0.479. The summed E-state index contributed by atoms with van der Waals surface area (Å²) in [6.45, 7) is 7.06. The second-order valence-corrected chi connectivity index (χ2v) is 7.85. The Kier molecular flexibility index (Phi) is 9.58. The Labute approximate surface area is 182 Å². The number of rotatable bonds is 10. The number of esters is 1. The van der Waals surface area contributed by atoms with E-state index in [4.69, 9.17) is 10.5 Å². The van der Waals surface area contributed by atoms with Gasteiger partial charge in [0.05, 0.1) is 18.4 Å². The molecular weight excluding hydrogens is 413 g/mol. The van der Waals surface area contributed by atoms with Crippen LogP contribution in [0.25, 0.3) is 10.8 Å². The molecule has 2 unspecified atom stereocenters. The van der Waals surface area contributed by atoms with Gasteiger partial charge in [-0.05, 0) is 30.2 Å². The second-order valence-electron chi connectivity index (χ2n) is 7.85. The Morgan fingerprint density at radius 2 is 2.03 bits per heavy atom. The van der Waals surface area contributed by atoms with Gasteiger partial charge >= 0.3 is 5.97 Å². The van der Waals surface area contributed by atoms with Crippen molar-refractivity contribution in [2.45, 2.75) is 64.8 Å². The summed E-state index contributed by atoms with van der Waals surface area (Å²) in [6.07, 6.45) is 1.62. The first-order chi connectivity index (χ1) is 13.1. The summed E-state index contributed by atoms with van der Waals surface area (Å²) in [4.78, 5) is 15.8. The van der Waals surface area contributed by atoms with Gasteiger partial charge in [0.1, 0.15) is 11.8 Å². The van der Waals surface area contributed by atoms with E-state index in [1.807, 2.05) is 13.8 Å². The van der Waals surface area contributed by atoms with Crippen molar-refractivity contribution in [2.75, 3.05) is 12.3 Å². The molecule has 4 N–H and O–H groups in total. The number of fused-ring (bicyclic) bond motifs is 1. The second kappa shape index (κ2) is 10.9. The summed E-state index contributed by atoms with van der Waals surface area (Å²) in [5.41, 5.74) is 5.77. The minimum Gasteiger partial charge on any atom is -0.629 e. The minimum absolute atomic E-state index is 0. The van der Waals surface area contributed by atoms with Crippen molar-refractivity contribution in [3.63, 3.8) is 0 Å². The van der Waals surface area contributed by atoms with Gasteiger partial charge in [-0.1, -0.05) is 40.2 Å². The number of carbonyl (C=O) groups is 1. The van der Waals surface area contributed by atoms with Crippen LogP contribution in [-0.4, -0.2) is 49.2 Å². The first-order valence-electron chi connectivity index (χ1n) is 9.43. The van der Waals surface area contributed by atoms with Gasteiger partial charge < -0.3 is 26.0 Å². The maximum atomic E-state index is 11.8. The van der Waals surface area contributed by atoms with Crippen LogP contribution >= 0.6 is 0 Å². The van der Waals surface area contributed by atoms with Crippen molar-refractivity contribution in [2.24, 2.45) is 5.92 Å². The first kappa shape index (κ1) is 25.4. The number of carbonyl (C=O) groups excluding carboxylic acids is 1. The molecule has 0 bridgehead atoms. The van der Waals surface area contributed by atoms with Crippen LogP contribution in [0.2, 0.25) is 0 Å². The molecule has 0 saturated carbocycles. The number of ether oxygens (including phenoxy) is 1. The van der Waals surface area contributed by atoms with Crippen LogP contribution in [0.15, 0.2) is 18.5 Å². The summed E-state index contributed by atoms with van der Waals surface area (Å²) in [5.74, 6) is 0.243. The van der Waals surface area contributed by atoms with Crippen molar-refractivity contribution < 1.29 is 38.3 Å². The number of aliphatic hydroxyl groups excluding tert-OH is 1. The Morgan fingerprint density at radius 1 is 1.34 bits per heavy atom. The van der Waals surface area contributed by atoms with E-state index in [9.17, 15) is 15.0 Å². The molecule has 10 heteroatoms. The van der Waals surface area contributed by atoms with E-state index in [0.29, 0.717) is 36.3 Å². The summed E-state index contributed by atoms with van der Waals surface area (Å²) in [7, 11) is 0. The molecule has 0 aromatic carbocycles. The molecule has 0 amide bonds. The molecule has 0 fully saturated rings. The number of aliphatic hydroxyl groups is 2. The van der Waals surface area contributed by atoms with E-state index in [1.54, 1.807) is 30.5 Å². The van der Waals surface area contributed by atoms with Crippen LogP contribution < -0.4 is 5.73 Å². The fourth-order valence-corrected chi connectivity index (χ4v) is 2.94. The Hall–Kier alpha value is -1.65. The number of anilines is 1. The molecule has 2 aromatic rings. The molecule has 0 saturated heterocycles. The normalized spacial score (nSPS) is 13.9. The summed E-state index contributed by atoms with van der Waals surface area (Å²) in [6, 6.07) is 3.06. The molecule has 0 aliphatic carbocycles. The molecule has 9 nitrogen and oxygen atoms in total. The van der Waals surface area contributed by atoms with Gasteiger partial charge in [0.25, 0.3) is 0 Å². The van der Waals surface area contributed by atoms with E-state index in [0.717, 1.165) is 0 Å². The van der Waals surface area contributed by atoms with Gasteiger partial charge in [0, 0.05) is 25.0 Å². The number of hydrogen-bond acceptors (Lipinski definition) is 7. The van der Waals surface area contributed by atoms with Crippen LogP contribution in [0.4, 0.5) is 5.82 Å². The van der Waals surface area contributed by atoms with Gasteiger partial charge in [-0.15, -0.1) is 0 Å². The molecular formula is C19H30N5O4V-. The molecule has 0 spiro atoms. The first-order valence-corrected chi connectivity index (χ1v) is 9.43. The Bertz CT molecular complexity index is 790. The van der Waals surface area contributed by atoms with Crippen molar-refractivity contribution in [3.05, 3.63) is 29.5 Å². The number of aromatic nitrogens is 3. The van der Waals surface area contributed by atoms with Crippen molar-refractivity contribution in [1.29, 1.82) is 0 Å². The number of nitrogens with zero attached hydrogens (tertiary/aromatic N) is 4. The maximum absolute atomic E-state index is 11.8. The molecule has 0 aliphatic rings. The van der Waals surface area contributed by atoms with Gasteiger partial charge in [-0.2, -0.15) is 5.10 Å². The minimum atomic E-state index is -1.26. The van der Waals surface area contributed by atoms with E-state index in [2.05, 4.69) is 15.4 Å². The van der Waals surface area contributed by atoms with E-state index in [1.165, 1.54) is 6.33 Å². The van der Waals surface area contributed by atoms with E-state index >= 15 is 0 Å². The standard InChI is InChI=1S/C19H30N5O4.V/c1-12(2)9-17(26)28-10-13(23-19(3,4)27)5-8-16(25)14-6-7-15-18(20)21-11-22-24(14)15;/h6-7,11-13,16,25,27H,5,8-10H2,1-4H3,(H2,20,21,22);/q-1;. The van der Waals surface area contributed by atoms with Crippen molar-refractivity contribution in [1.82, 2.24) is 14.6 Å². The monoisotopic (exact) mass is 443 g/mol. The zero-order valence-corrected chi connectivity index (χ0v) is 18.7. The molecule has 29 heavy (non-hydrogen) atoms. The van der Waals surface area contributed by atoms with Gasteiger partial charge in [0.15, 0.2) is 5.82 Å². The zero-order chi connectivity index (χ0) is 20.9. The van der Waals surface area contributed by atoms with Gasteiger partial charge in [-0.3, -0.25) is 4.79 Å². The topological polar surface area (TPSA) is 137 Å². The molecule has 0 aliphatic heterocycles. The predicted octanol–water partition coefficient (Wildman–Crippen LogP) is 2.18. The fourth-order valence-electron chi connectivity index (χ4n) is 2.94. The number of hydrogen-bond donors (Lipinski definition) is 3. The SMILES string of the molecule is CC(C)CC(=O)OCC(CCC(O)c1ccc2c(N)ncnn12)[N-]C(C)(C)O.[V]. The summed E-state index contributed by atoms with van der Waals surface area (Å²) < 4.78 is 6.86. The van der Waals surface area contributed by atoms with Crippen molar-refractivity contribution in [3.8, 4) is 0 Å². The molecule has 2 heterocycles. The molecule has 161 valence electrons. The molecule has 2 aromatic heterocycles. The van der Waals surface area contributed by atoms with Crippen LogP contribution in [0.5, 0.6) is 0 Å². The van der Waals surface area contributed by atoms with Crippen LogP contribution in [0, 0.1) is 5.92 Å². The number of nitrogen functional groups attached to an aromatic ring is 1. The summed E-state index contributed by atoms with van der Waals surface area (Å²) in [5, 5.41) is 29.1. The van der Waals surface area contributed by atoms with Crippen LogP contribution in [0.1, 0.15) is 58.8 Å². The average molecular weight is 443 g/mol. The molecule has 2 atom stereocenters.